The number of hydrogen-bond acceptors (Lipinski definition) is 6. The van der Waals surface area contributed by atoms with E-state index in [1.807, 2.05) is 19.1 Å². The van der Waals surface area contributed by atoms with E-state index in [1.165, 1.54) is 6.21 Å². The van der Waals surface area contributed by atoms with Gasteiger partial charge in [0.1, 0.15) is 11.5 Å². The Labute approximate surface area is 196 Å². The Balaban J connectivity index is 1.54. The van der Waals surface area contributed by atoms with Gasteiger partial charge in [0.25, 0.3) is 5.91 Å². The third-order valence-corrected chi connectivity index (χ3v) is 4.60. The van der Waals surface area contributed by atoms with Crippen LogP contribution in [0.2, 0.25) is 0 Å². The number of nitrogens with zero attached hydrogens (tertiary/aromatic N) is 1. The second kappa shape index (κ2) is 11.8. The van der Waals surface area contributed by atoms with Gasteiger partial charge in [-0.2, -0.15) is 5.10 Å². The highest BCUT2D eigenvalue weighted by atomic mass is 16.5. The van der Waals surface area contributed by atoms with Crippen molar-refractivity contribution >= 4 is 35.3 Å². The largest absolute Gasteiger partial charge is 0.497 e. The minimum atomic E-state index is -0.921. The van der Waals surface area contributed by atoms with Gasteiger partial charge in [-0.1, -0.05) is 36.4 Å². The normalized spacial score (nSPS) is 10.4. The molecular weight excluding hydrogens is 436 g/mol. The van der Waals surface area contributed by atoms with E-state index in [4.69, 9.17) is 9.47 Å². The fraction of sp³-hybridized carbons (Fsp3) is 0.120. The molecule has 3 amide bonds. The van der Waals surface area contributed by atoms with Crippen LogP contribution in [-0.2, 0) is 14.4 Å². The smallest absolute Gasteiger partial charge is 0.329 e. The zero-order valence-corrected chi connectivity index (χ0v) is 18.7. The third-order valence-electron chi connectivity index (χ3n) is 4.60. The van der Waals surface area contributed by atoms with Gasteiger partial charge in [0, 0.05) is 23.0 Å². The highest BCUT2D eigenvalue weighted by Gasteiger charge is 2.14. The van der Waals surface area contributed by atoms with Crippen LogP contribution in [0.1, 0.15) is 11.1 Å². The van der Waals surface area contributed by atoms with Crippen LogP contribution < -0.4 is 25.5 Å². The van der Waals surface area contributed by atoms with Crippen LogP contribution >= 0.6 is 0 Å². The van der Waals surface area contributed by atoms with Crippen molar-refractivity contribution in [3.8, 4) is 11.5 Å². The van der Waals surface area contributed by atoms with E-state index in [0.29, 0.717) is 28.4 Å². The van der Waals surface area contributed by atoms with Gasteiger partial charge in [-0.3, -0.25) is 14.4 Å². The lowest BCUT2D eigenvalue weighted by Gasteiger charge is -2.10. The summed E-state index contributed by atoms with van der Waals surface area (Å²) in [5.74, 6) is -1.12. The van der Waals surface area contributed by atoms with Crippen molar-refractivity contribution in [2.24, 2.45) is 5.10 Å². The summed E-state index contributed by atoms with van der Waals surface area (Å²) in [4.78, 5) is 36.3. The molecule has 0 aliphatic carbocycles. The minimum absolute atomic E-state index is 0.243. The molecule has 0 atom stereocenters. The highest BCUT2D eigenvalue weighted by molar-refractivity contribution is 6.39. The molecule has 34 heavy (non-hydrogen) atoms. The molecule has 0 spiro atoms. The van der Waals surface area contributed by atoms with Crippen LogP contribution in [0.15, 0.2) is 77.9 Å². The molecule has 0 unspecified atom stereocenters. The van der Waals surface area contributed by atoms with Gasteiger partial charge >= 0.3 is 11.8 Å². The monoisotopic (exact) mass is 460 g/mol. The van der Waals surface area contributed by atoms with Gasteiger partial charge in [0.15, 0.2) is 6.61 Å². The Morgan fingerprint density at radius 3 is 2.47 bits per heavy atom. The molecule has 0 radical (unpaired) electrons. The van der Waals surface area contributed by atoms with Gasteiger partial charge < -0.3 is 20.1 Å². The van der Waals surface area contributed by atoms with Gasteiger partial charge in [-0.25, -0.2) is 5.43 Å². The summed E-state index contributed by atoms with van der Waals surface area (Å²) in [6, 6.07) is 20.9. The van der Waals surface area contributed by atoms with E-state index in [1.54, 1.807) is 67.8 Å². The number of carbonyl (C=O) groups excluding carboxylic acids is 3. The zero-order valence-electron chi connectivity index (χ0n) is 18.7. The number of benzene rings is 3. The van der Waals surface area contributed by atoms with Crippen molar-refractivity contribution in [3.05, 3.63) is 83.9 Å². The summed E-state index contributed by atoms with van der Waals surface area (Å²) >= 11 is 0. The quantitative estimate of drug-likeness (QED) is 0.271. The molecule has 3 aromatic carbocycles. The van der Waals surface area contributed by atoms with E-state index in [-0.39, 0.29) is 12.5 Å². The van der Waals surface area contributed by atoms with E-state index >= 15 is 0 Å². The average Bonchev–Trinajstić information content (AvgIpc) is 2.84. The Kier molecular flexibility index (Phi) is 8.34. The zero-order chi connectivity index (χ0) is 24.3. The Bertz CT molecular complexity index is 1210. The van der Waals surface area contributed by atoms with Crippen LogP contribution in [0.25, 0.3) is 0 Å². The molecule has 0 aliphatic rings. The summed E-state index contributed by atoms with van der Waals surface area (Å²) in [5.41, 5.74) is 4.63. The number of aryl methyl sites for hydroxylation is 1. The van der Waals surface area contributed by atoms with E-state index in [9.17, 15) is 14.4 Å². The molecule has 0 aromatic heterocycles. The first kappa shape index (κ1) is 24.0. The van der Waals surface area contributed by atoms with E-state index in [2.05, 4.69) is 21.2 Å². The number of hydrazone groups is 1. The fourth-order valence-electron chi connectivity index (χ4n) is 2.86. The number of ether oxygens (including phenoxy) is 2. The van der Waals surface area contributed by atoms with Gasteiger partial charge in [0.05, 0.1) is 13.3 Å². The third kappa shape index (κ3) is 6.92. The van der Waals surface area contributed by atoms with Crippen molar-refractivity contribution in [1.29, 1.82) is 0 Å². The summed E-state index contributed by atoms with van der Waals surface area (Å²) in [5, 5.41) is 9.07. The maximum Gasteiger partial charge on any atom is 0.329 e. The van der Waals surface area contributed by atoms with E-state index in [0.717, 1.165) is 5.56 Å². The Morgan fingerprint density at radius 1 is 0.912 bits per heavy atom. The highest BCUT2D eigenvalue weighted by Crippen LogP contribution is 2.18. The number of methoxy groups -OCH3 is 1. The molecule has 9 heteroatoms. The van der Waals surface area contributed by atoms with Gasteiger partial charge in [-0.05, 0) is 42.8 Å². The predicted molar refractivity (Wildman–Crippen MR) is 129 cm³/mol. The summed E-state index contributed by atoms with van der Waals surface area (Å²) in [6.45, 7) is 1.58. The lowest BCUT2D eigenvalue weighted by atomic mass is 10.2. The van der Waals surface area contributed by atoms with Crippen LogP contribution in [0.3, 0.4) is 0 Å². The number of para-hydroxylation sites is 2. The Hall–Kier alpha value is -4.66. The number of nitrogens with one attached hydrogen (secondary N) is 3. The van der Waals surface area contributed by atoms with Crippen molar-refractivity contribution in [2.75, 3.05) is 24.4 Å². The summed E-state index contributed by atoms with van der Waals surface area (Å²) < 4.78 is 10.7. The molecule has 174 valence electrons. The molecule has 3 N–H and O–H groups in total. The molecular formula is C25H24N4O5. The number of amides is 3. The molecule has 0 fully saturated rings. The molecule has 0 saturated heterocycles. The maximum atomic E-state index is 12.2. The van der Waals surface area contributed by atoms with Gasteiger partial charge in [-0.15, -0.1) is 0 Å². The first-order valence-corrected chi connectivity index (χ1v) is 10.3. The average molecular weight is 460 g/mol. The molecule has 0 saturated carbocycles. The lowest BCUT2D eigenvalue weighted by molar-refractivity contribution is -0.136. The number of anilines is 2. The van der Waals surface area contributed by atoms with Crippen molar-refractivity contribution in [3.63, 3.8) is 0 Å². The molecule has 3 rings (SSSR count). The molecule has 3 aromatic rings. The second-order valence-corrected chi connectivity index (χ2v) is 7.07. The number of carbonyl (C=O) groups is 3. The maximum absolute atomic E-state index is 12.2. The van der Waals surface area contributed by atoms with Crippen LogP contribution in [-0.4, -0.2) is 37.7 Å². The standard InChI is InChI=1S/C25H24N4O5/c1-17-8-3-5-12-21(17)28-24(31)25(32)29-26-15-18-9-4-6-13-22(18)34-16-23(30)27-19-10-7-11-20(14-19)33-2/h3-15H,16H2,1-2H3,(H,27,30)(H,28,31)(H,29,32)/b26-15-. The Morgan fingerprint density at radius 2 is 1.68 bits per heavy atom. The first-order valence-electron chi connectivity index (χ1n) is 10.3. The molecule has 0 bridgehead atoms. The molecule has 0 heterocycles. The number of hydrogen-bond donors (Lipinski definition) is 3. The van der Waals surface area contributed by atoms with E-state index < -0.39 is 11.8 Å². The number of rotatable bonds is 8. The molecule has 9 nitrogen and oxygen atoms in total. The summed E-state index contributed by atoms with van der Waals surface area (Å²) in [7, 11) is 1.54. The topological polar surface area (TPSA) is 118 Å². The van der Waals surface area contributed by atoms with Crippen molar-refractivity contribution < 1.29 is 23.9 Å². The first-order chi connectivity index (χ1) is 16.5. The second-order valence-electron chi connectivity index (χ2n) is 7.07. The van der Waals surface area contributed by atoms with Crippen molar-refractivity contribution in [1.82, 2.24) is 5.43 Å². The SMILES string of the molecule is COc1cccc(NC(=O)COc2ccccc2/C=N\NC(=O)C(=O)Nc2ccccc2C)c1. The predicted octanol–water partition coefficient (Wildman–Crippen LogP) is 3.11. The minimum Gasteiger partial charge on any atom is -0.497 e. The summed E-state index contributed by atoms with van der Waals surface area (Å²) in [6.07, 6.45) is 1.33. The lowest BCUT2D eigenvalue weighted by Crippen LogP contribution is -2.32. The van der Waals surface area contributed by atoms with Crippen LogP contribution in [0.4, 0.5) is 11.4 Å². The van der Waals surface area contributed by atoms with Crippen LogP contribution in [0, 0.1) is 6.92 Å². The van der Waals surface area contributed by atoms with Gasteiger partial charge in [0.2, 0.25) is 0 Å². The fourth-order valence-corrected chi connectivity index (χ4v) is 2.86. The van der Waals surface area contributed by atoms with Crippen molar-refractivity contribution in [2.45, 2.75) is 6.92 Å². The molecule has 0 aliphatic heterocycles. The van der Waals surface area contributed by atoms with Crippen LogP contribution in [0.5, 0.6) is 11.5 Å².